The molecule has 0 aliphatic rings. The second kappa shape index (κ2) is 5.02. The largest absolute Gasteiger partial charge is 0.378 e. The highest BCUT2D eigenvalue weighted by Gasteiger charge is 2.03. The topological polar surface area (TPSA) is 53.6 Å². The van der Waals surface area contributed by atoms with Crippen molar-refractivity contribution in [3.63, 3.8) is 0 Å². The van der Waals surface area contributed by atoms with Crippen LogP contribution in [0.5, 0.6) is 0 Å². The molecular weight excluding hydrogens is 280 g/mol. The molecule has 0 spiro atoms. The summed E-state index contributed by atoms with van der Waals surface area (Å²) in [6.45, 7) is 0.608. The van der Waals surface area contributed by atoms with E-state index in [-0.39, 0.29) is 0 Å². The van der Waals surface area contributed by atoms with Crippen molar-refractivity contribution in [1.82, 2.24) is 9.78 Å². The summed E-state index contributed by atoms with van der Waals surface area (Å²) in [6.07, 6.45) is 1.89. The van der Waals surface area contributed by atoms with Gasteiger partial charge in [-0.25, -0.2) is 0 Å². The van der Waals surface area contributed by atoms with Crippen LogP contribution in [0.3, 0.4) is 0 Å². The Kier molecular flexibility index (Phi) is 3.45. The van der Waals surface area contributed by atoms with Crippen molar-refractivity contribution in [3.8, 4) is 6.07 Å². The number of aromatic nitrogens is 2. The van der Waals surface area contributed by atoms with E-state index in [9.17, 15) is 0 Å². The number of nitrogens with one attached hydrogen (secondary N) is 1. The van der Waals surface area contributed by atoms with E-state index in [1.807, 2.05) is 31.4 Å². The van der Waals surface area contributed by atoms with Gasteiger partial charge in [0.2, 0.25) is 0 Å². The molecule has 0 radical (unpaired) electrons. The molecule has 17 heavy (non-hydrogen) atoms. The van der Waals surface area contributed by atoms with E-state index in [1.54, 1.807) is 10.7 Å². The maximum atomic E-state index is 9.01. The maximum absolute atomic E-state index is 9.01. The summed E-state index contributed by atoms with van der Waals surface area (Å²) in [7, 11) is 1.88. The lowest BCUT2D eigenvalue weighted by Crippen LogP contribution is -2.02. The average molecular weight is 291 g/mol. The third kappa shape index (κ3) is 2.86. The zero-order valence-corrected chi connectivity index (χ0v) is 10.9. The van der Waals surface area contributed by atoms with Crippen LogP contribution in [0.25, 0.3) is 0 Å². The second-order valence-electron chi connectivity index (χ2n) is 3.64. The minimum absolute atomic E-state index is 0.608. The van der Waals surface area contributed by atoms with Crippen LogP contribution in [-0.4, -0.2) is 9.78 Å². The number of rotatable bonds is 3. The summed E-state index contributed by atoms with van der Waals surface area (Å²) in [4.78, 5) is 0. The van der Waals surface area contributed by atoms with Crippen LogP contribution < -0.4 is 5.32 Å². The summed E-state index contributed by atoms with van der Waals surface area (Å²) in [5, 5.41) is 16.5. The van der Waals surface area contributed by atoms with Gasteiger partial charge in [0.25, 0.3) is 0 Å². The van der Waals surface area contributed by atoms with Gasteiger partial charge in [0, 0.05) is 17.7 Å². The molecule has 0 bridgehead atoms. The van der Waals surface area contributed by atoms with Crippen molar-refractivity contribution in [3.05, 3.63) is 46.2 Å². The number of nitriles is 1. The van der Waals surface area contributed by atoms with E-state index < -0.39 is 0 Å². The van der Waals surface area contributed by atoms with Crippen LogP contribution in [0, 0.1) is 11.3 Å². The predicted octanol–water partition coefficient (Wildman–Crippen LogP) is 2.67. The first-order valence-electron chi connectivity index (χ1n) is 5.11. The smallest absolute Gasteiger partial charge is 0.101 e. The van der Waals surface area contributed by atoms with Crippen molar-refractivity contribution in [2.24, 2.45) is 7.05 Å². The van der Waals surface area contributed by atoms with E-state index >= 15 is 0 Å². The molecule has 0 aliphatic heterocycles. The number of hydrogen-bond donors (Lipinski definition) is 1. The van der Waals surface area contributed by atoms with Gasteiger partial charge in [-0.1, -0.05) is 15.9 Å². The fraction of sp³-hybridized carbons (Fsp3) is 0.167. The van der Waals surface area contributed by atoms with Crippen molar-refractivity contribution >= 4 is 21.6 Å². The Labute approximate surface area is 108 Å². The molecule has 0 saturated carbocycles. The number of benzene rings is 1. The van der Waals surface area contributed by atoms with Gasteiger partial charge in [0.05, 0.1) is 23.5 Å². The summed E-state index contributed by atoms with van der Waals surface area (Å²) in [6, 6.07) is 9.68. The summed E-state index contributed by atoms with van der Waals surface area (Å²) in [5.74, 6) is 0. The number of anilines is 1. The van der Waals surface area contributed by atoms with Gasteiger partial charge in [0.15, 0.2) is 0 Å². The SMILES string of the molecule is Cn1ccc(CNc2ccc(Br)cc2C#N)n1. The monoisotopic (exact) mass is 290 g/mol. The van der Waals surface area contributed by atoms with E-state index in [0.717, 1.165) is 15.9 Å². The molecule has 86 valence electrons. The van der Waals surface area contributed by atoms with Crippen molar-refractivity contribution in [2.75, 3.05) is 5.32 Å². The number of nitrogens with zero attached hydrogens (tertiary/aromatic N) is 3. The standard InChI is InChI=1S/C12H11BrN4/c1-17-5-4-11(16-17)8-15-12-3-2-10(13)6-9(12)7-14/h2-6,15H,8H2,1H3. The van der Waals surface area contributed by atoms with Crippen LogP contribution in [0.1, 0.15) is 11.3 Å². The molecule has 0 unspecified atom stereocenters. The molecule has 0 atom stereocenters. The maximum Gasteiger partial charge on any atom is 0.101 e. The zero-order valence-electron chi connectivity index (χ0n) is 9.31. The highest BCUT2D eigenvalue weighted by Crippen LogP contribution is 2.20. The van der Waals surface area contributed by atoms with Gasteiger partial charge in [-0.3, -0.25) is 4.68 Å². The lowest BCUT2D eigenvalue weighted by molar-refractivity contribution is 0.747. The van der Waals surface area contributed by atoms with Crippen LogP contribution in [-0.2, 0) is 13.6 Å². The molecule has 0 amide bonds. The number of hydrogen-bond acceptors (Lipinski definition) is 3. The van der Waals surface area contributed by atoms with Gasteiger partial charge in [-0.15, -0.1) is 0 Å². The predicted molar refractivity (Wildman–Crippen MR) is 69.4 cm³/mol. The van der Waals surface area contributed by atoms with Crippen molar-refractivity contribution < 1.29 is 0 Å². The molecule has 4 nitrogen and oxygen atoms in total. The van der Waals surface area contributed by atoms with Gasteiger partial charge in [-0.05, 0) is 24.3 Å². The molecule has 1 aromatic heterocycles. The Morgan fingerprint density at radius 1 is 1.47 bits per heavy atom. The van der Waals surface area contributed by atoms with Crippen LogP contribution in [0.2, 0.25) is 0 Å². The molecule has 1 N–H and O–H groups in total. The normalized spacial score (nSPS) is 9.94. The lowest BCUT2D eigenvalue weighted by atomic mass is 10.2. The fourth-order valence-corrected chi connectivity index (χ4v) is 1.87. The summed E-state index contributed by atoms with van der Waals surface area (Å²) in [5.41, 5.74) is 2.39. The third-order valence-corrected chi connectivity index (χ3v) is 2.82. The first-order chi connectivity index (χ1) is 8.19. The van der Waals surface area contributed by atoms with E-state index in [4.69, 9.17) is 5.26 Å². The van der Waals surface area contributed by atoms with Gasteiger partial charge >= 0.3 is 0 Å². The first kappa shape index (κ1) is 11.7. The van der Waals surface area contributed by atoms with Gasteiger partial charge < -0.3 is 5.32 Å². The summed E-state index contributed by atoms with van der Waals surface area (Å²) < 4.78 is 2.65. The minimum atomic E-state index is 0.608. The first-order valence-corrected chi connectivity index (χ1v) is 5.90. The van der Waals surface area contributed by atoms with Crippen molar-refractivity contribution in [1.29, 1.82) is 5.26 Å². The van der Waals surface area contributed by atoms with Crippen LogP contribution in [0.15, 0.2) is 34.9 Å². The van der Waals surface area contributed by atoms with Crippen LogP contribution in [0.4, 0.5) is 5.69 Å². The molecule has 0 aliphatic carbocycles. The molecule has 2 aromatic rings. The van der Waals surface area contributed by atoms with E-state index in [0.29, 0.717) is 12.1 Å². The molecule has 1 aromatic carbocycles. The Balaban J connectivity index is 2.12. The molecule has 0 fully saturated rings. The minimum Gasteiger partial charge on any atom is -0.378 e. The molecule has 0 saturated heterocycles. The third-order valence-electron chi connectivity index (χ3n) is 2.33. The summed E-state index contributed by atoms with van der Waals surface area (Å²) >= 11 is 3.34. The molecule has 2 rings (SSSR count). The zero-order chi connectivity index (χ0) is 12.3. The fourth-order valence-electron chi connectivity index (χ4n) is 1.51. The quantitative estimate of drug-likeness (QED) is 0.946. The lowest BCUT2D eigenvalue weighted by Gasteiger charge is -2.06. The Bertz CT molecular complexity index is 568. The highest BCUT2D eigenvalue weighted by molar-refractivity contribution is 9.10. The van der Waals surface area contributed by atoms with Crippen molar-refractivity contribution in [2.45, 2.75) is 6.54 Å². The van der Waals surface area contributed by atoms with Crippen LogP contribution >= 0.6 is 15.9 Å². The molecular formula is C12H11BrN4. The number of aryl methyl sites for hydroxylation is 1. The Morgan fingerprint density at radius 2 is 2.29 bits per heavy atom. The molecule has 5 heteroatoms. The van der Waals surface area contributed by atoms with Gasteiger partial charge in [0.1, 0.15) is 6.07 Å². The van der Waals surface area contributed by atoms with Gasteiger partial charge in [-0.2, -0.15) is 10.4 Å². The van der Waals surface area contributed by atoms with E-state index in [2.05, 4.69) is 32.4 Å². The second-order valence-corrected chi connectivity index (χ2v) is 4.55. The van der Waals surface area contributed by atoms with E-state index in [1.165, 1.54) is 0 Å². The number of halogens is 1. The average Bonchev–Trinajstić information content (AvgIpc) is 2.73. The Morgan fingerprint density at radius 3 is 2.94 bits per heavy atom. The molecule has 1 heterocycles. The highest BCUT2D eigenvalue weighted by atomic mass is 79.9. The Hall–Kier alpha value is -1.80.